The molecule has 7 nitrogen and oxygen atoms in total. The molecule has 0 unspecified atom stereocenters. The number of hydrazone groups is 1. The van der Waals surface area contributed by atoms with Crippen molar-refractivity contribution in [3.8, 4) is 11.5 Å². The van der Waals surface area contributed by atoms with E-state index in [2.05, 4.69) is 15.8 Å². The van der Waals surface area contributed by atoms with Crippen molar-refractivity contribution in [2.24, 2.45) is 5.10 Å². The van der Waals surface area contributed by atoms with Gasteiger partial charge in [0, 0.05) is 5.56 Å². The van der Waals surface area contributed by atoms with Gasteiger partial charge in [0.25, 0.3) is 0 Å². The van der Waals surface area contributed by atoms with Gasteiger partial charge in [0.2, 0.25) is 0 Å². The normalized spacial score (nSPS) is 11.0. The Morgan fingerprint density at radius 3 is 2.47 bits per heavy atom. The van der Waals surface area contributed by atoms with Gasteiger partial charge in [-0.2, -0.15) is 5.10 Å². The molecule has 3 aromatic carbocycles. The summed E-state index contributed by atoms with van der Waals surface area (Å²) in [5.74, 6) is -0.803. The number of nitrogens with one attached hydrogen (secondary N) is 2. The Morgan fingerprint density at radius 1 is 0.971 bits per heavy atom. The quantitative estimate of drug-likeness (QED) is 0.260. The van der Waals surface area contributed by atoms with Gasteiger partial charge in [0.1, 0.15) is 6.61 Å². The van der Waals surface area contributed by atoms with Gasteiger partial charge >= 0.3 is 11.8 Å². The summed E-state index contributed by atoms with van der Waals surface area (Å²) in [6, 6.07) is 18.0. The molecule has 0 fully saturated rings. The molecule has 0 radical (unpaired) electrons. The minimum Gasteiger partial charge on any atom is -0.493 e. The van der Waals surface area contributed by atoms with Gasteiger partial charge in [0.05, 0.1) is 28.6 Å². The smallest absolute Gasteiger partial charge is 0.329 e. The number of hydrogen-bond acceptors (Lipinski definition) is 5. The van der Waals surface area contributed by atoms with Crippen LogP contribution in [0.4, 0.5) is 5.69 Å². The summed E-state index contributed by atoms with van der Waals surface area (Å²) in [5.41, 5.74) is 5.81. The SMILES string of the molecule is COc1cc(/C(C)=N/NC(=O)C(=O)Nc2cccc(Cl)c2Cl)ccc1OCc1ccccc1C. The van der Waals surface area contributed by atoms with E-state index >= 15 is 0 Å². The van der Waals surface area contributed by atoms with Crippen molar-refractivity contribution < 1.29 is 19.1 Å². The average Bonchev–Trinajstić information content (AvgIpc) is 2.84. The van der Waals surface area contributed by atoms with Gasteiger partial charge in [-0.3, -0.25) is 9.59 Å². The zero-order valence-electron chi connectivity index (χ0n) is 18.8. The first kappa shape index (κ1) is 25.1. The van der Waals surface area contributed by atoms with Crippen LogP contribution in [0.1, 0.15) is 23.6 Å². The fraction of sp³-hybridized carbons (Fsp3) is 0.160. The summed E-state index contributed by atoms with van der Waals surface area (Å²) in [7, 11) is 1.54. The van der Waals surface area contributed by atoms with E-state index in [0.29, 0.717) is 29.4 Å². The lowest BCUT2D eigenvalue weighted by Crippen LogP contribution is -2.33. The molecule has 3 aromatic rings. The number of halogens is 2. The van der Waals surface area contributed by atoms with E-state index < -0.39 is 11.8 Å². The molecule has 176 valence electrons. The minimum atomic E-state index is -0.958. The zero-order chi connectivity index (χ0) is 24.7. The molecule has 0 atom stereocenters. The van der Waals surface area contributed by atoms with Crippen molar-refractivity contribution >= 4 is 46.4 Å². The van der Waals surface area contributed by atoms with E-state index in [0.717, 1.165) is 11.1 Å². The minimum absolute atomic E-state index is 0.141. The zero-order valence-corrected chi connectivity index (χ0v) is 20.3. The molecule has 0 aliphatic heterocycles. The van der Waals surface area contributed by atoms with E-state index in [-0.39, 0.29) is 15.7 Å². The van der Waals surface area contributed by atoms with Crippen molar-refractivity contribution in [1.82, 2.24) is 5.43 Å². The fourth-order valence-electron chi connectivity index (χ4n) is 2.97. The number of carbonyl (C=O) groups excluding carboxylic acids is 2. The van der Waals surface area contributed by atoms with Gasteiger partial charge in [-0.1, -0.05) is 53.5 Å². The van der Waals surface area contributed by atoms with Crippen LogP contribution >= 0.6 is 23.2 Å². The number of amides is 2. The van der Waals surface area contributed by atoms with Gasteiger partial charge in [-0.05, 0) is 55.3 Å². The number of aryl methyl sites for hydroxylation is 1. The maximum atomic E-state index is 12.2. The van der Waals surface area contributed by atoms with E-state index in [1.807, 2.05) is 31.2 Å². The molecule has 0 saturated carbocycles. The Bertz CT molecular complexity index is 1240. The monoisotopic (exact) mass is 499 g/mol. The lowest BCUT2D eigenvalue weighted by Gasteiger charge is -2.13. The first-order valence-corrected chi connectivity index (χ1v) is 11.0. The summed E-state index contributed by atoms with van der Waals surface area (Å²) in [6.45, 7) is 4.11. The Balaban J connectivity index is 1.65. The Kier molecular flexibility index (Phi) is 8.51. The number of nitrogens with zero attached hydrogens (tertiary/aromatic N) is 1. The maximum Gasteiger partial charge on any atom is 0.329 e. The number of hydrogen-bond donors (Lipinski definition) is 2. The summed E-state index contributed by atoms with van der Waals surface area (Å²) in [6.07, 6.45) is 0. The summed E-state index contributed by atoms with van der Waals surface area (Å²) >= 11 is 11.9. The predicted molar refractivity (Wildman–Crippen MR) is 134 cm³/mol. The molecule has 9 heteroatoms. The molecule has 0 spiro atoms. The van der Waals surface area contributed by atoms with Gasteiger partial charge < -0.3 is 14.8 Å². The van der Waals surface area contributed by atoms with Crippen molar-refractivity contribution in [3.05, 3.63) is 87.4 Å². The standard InChI is InChI=1S/C25H23Cl2N3O4/c1-15-7-4-5-8-18(15)14-34-21-12-11-17(13-22(21)33-3)16(2)29-30-25(32)24(31)28-20-10-6-9-19(26)23(20)27/h4-13H,14H2,1-3H3,(H,28,31)(H,30,32)/b29-16+. The second-order valence-electron chi connectivity index (χ2n) is 7.27. The number of benzene rings is 3. The van der Waals surface area contributed by atoms with Crippen LogP contribution in [0.25, 0.3) is 0 Å². The second kappa shape index (κ2) is 11.5. The van der Waals surface area contributed by atoms with Crippen LogP contribution in [-0.2, 0) is 16.2 Å². The lowest BCUT2D eigenvalue weighted by atomic mass is 10.1. The molecule has 34 heavy (non-hydrogen) atoms. The molecule has 0 bridgehead atoms. The molecule has 0 saturated heterocycles. The third-order valence-electron chi connectivity index (χ3n) is 4.96. The van der Waals surface area contributed by atoms with Crippen LogP contribution in [0, 0.1) is 6.92 Å². The van der Waals surface area contributed by atoms with Gasteiger partial charge in [-0.25, -0.2) is 5.43 Å². The Labute approximate surface area is 207 Å². The third-order valence-corrected chi connectivity index (χ3v) is 5.78. The number of methoxy groups -OCH3 is 1. The highest BCUT2D eigenvalue weighted by Gasteiger charge is 2.16. The fourth-order valence-corrected chi connectivity index (χ4v) is 3.32. The highest BCUT2D eigenvalue weighted by atomic mass is 35.5. The van der Waals surface area contributed by atoms with Crippen LogP contribution in [0.15, 0.2) is 65.8 Å². The summed E-state index contributed by atoms with van der Waals surface area (Å²) < 4.78 is 11.4. The molecule has 2 N–H and O–H groups in total. The molecular formula is C25H23Cl2N3O4. The first-order valence-electron chi connectivity index (χ1n) is 10.3. The largest absolute Gasteiger partial charge is 0.493 e. The van der Waals surface area contributed by atoms with E-state index in [9.17, 15) is 9.59 Å². The van der Waals surface area contributed by atoms with Gasteiger partial charge in [-0.15, -0.1) is 0 Å². The Hall–Kier alpha value is -3.55. The molecule has 2 amide bonds. The topological polar surface area (TPSA) is 89.0 Å². The first-order chi connectivity index (χ1) is 16.3. The molecule has 3 rings (SSSR count). The van der Waals surface area contributed by atoms with Crippen molar-refractivity contribution in [3.63, 3.8) is 0 Å². The van der Waals surface area contributed by atoms with E-state index in [1.54, 1.807) is 44.4 Å². The number of ether oxygens (including phenoxy) is 2. The Morgan fingerprint density at radius 2 is 1.74 bits per heavy atom. The molecule has 0 heterocycles. The number of anilines is 1. The third kappa shape index (κ3) is 6.27. The van der Waals surface area contributed by atoms with Gasteiger partial charge in [0.15, 0.2) is 11.5 Å². The van der Waals surface area contributed by atoms with Crippen LogP contribution in [-0.4, -0.2) is 24.6 Å². The van der Waals surface area contributed by atoms with Crippen molar-refractivity contribution in [2.45, 2.75) is 20.5 Å². The molecule has 0 aliphatic carbocycles. The van der Waals surface area contributed by atoms with E-state index in [1.165, 1.54) is 6.07 Å². The highest BCUT2D eigenvalue weighted by Crippen LogP contribution is 2.30. The van der Waals surface area contributed by atoms with Crippen LogP contribution < -0.4 is 20.2 Å². The van der Waals surface area contributed by atoms with Crippen molar-refractivity contribution in [1.29, 1.82) is 0 Å². The lowest BCUT2D eigenvalue weighted by molar-refractivity contribution is -0.136. The second-order valence-corrected chi connectivity index (χ2v) is 8.06. The molecule has 0 aromatic heterocycles. The number of carbonyl (C=O) groups is 2. The van der Waals surface area contributed by atoms with Crippen LogP contribution in [0.5, 0.6) is 11.5 Å². The molecule has 0 aliphatic rings. The summed E-state index contributed by atoms with van der Waals surface area (Å²) in [4.78, 5) is 24.3. The highest BCUT2D eigenvalue weighted by molar-refractivity contribution is 6.45. The molecular weight excluding hydrogens is 477 g/mol. The van der Waals surface area contributed by atoms with Crippen molar-refractivity contribution in [2.75, 3.05) is 12.4 Å². The summed E-state index contributed by atoms with van der Waals surface area (Å²) in [5, 5.41) is 6.81. The number of rotatable bonds is 7. The predicted octanol–water partition coefficient (Wildman–Crippen LogP) is 5.37. The van der Waals surface area contributed by atoms with Crippen LogP contribution in [0.2, 0.25) is 10.0 Å². The maximum absolute atomic E-state index is 12.2. The average molecular weight is 500 g/mol. The van der Waals surface area contributed by atoms with Crippen LogP contribution in [0.3, 0.4) is 0 Å². The van der Waals surface area contributed by atoms with E-state index in [4.69, 9.17) is 32.7 Å².